The molecule has 0 spiro atoms. The Labute approximate surface area is 98.8 Å². The van der Waals surface area contributed by atoms with E-state index in [1.54, 1.807) is 6.07 Å². The fourth-order valence-corrected chi connectivity index (χ4v) is 2.76. The predicted octanol–water partition coefficient (Wildman–Crippen LogP) is 1.39. The van der Waals surface area contributed by atoms with Crippen molar-refractivity contribution in [2.45, 2.75) is 44.1 Å². The zero-order chi connectivity index (χ0) is 11.8. The van der Waals surface area contributed by atoms with E-state index in [4.69, 9.17) is 14.3 Å². The average molecular weight is 237 g/mol. The van der Waals surface area contributed by atoms with Gasteiger partial charge < -0.3 is 19.6 Å². The minimum absolute atomic E-state index is 0.0292. The summed E-state index contributed by atoms with van der Waals surface area (Å²) in [6.45, 7) is 0.523. The van der Waals surface area contributed by atoms with E-state index in [2.05, 4.69) is 5.32 Å². The number of rotatable bonds is 4. The first kappa shape index (κ1) is 10.8. The van der Waals surface area contributed by atoms with E-state index in [0.29, 0.717) is 30.4 Å². The minimum atomic E-state index is -1.02. The Morgan fingerprint density at radius 3 is 3.06 bits per heavy atom. The molecule has 2 fully saturated rings. The summed E-state index contributed by atoms with van der Waals surface area (Å²) in [5, 5.41) is 12.3. The number of hydrogen-bond donors (Lipinski definition) is 2. The largest absolute Gasteiger partial charge is 0.475 e. The summed E-state index contributed by atoms with van der Waals surface area (Å²) in [4.78, 5) is 10.9. The highest BCUT2D eigenvalue weighted by molar-refractivity contribution is 5.86. The smallest absolute Gasteiger partial charge is 0.372 e. The Morgan fingerprint density at radius 1 is 1.53 bits per heavy atom. The van der Waals surface area contributed by atoms with E-state index in [-0.39, 0.29) is 5.76 Å². The van der Waals surface area contributed by atoms with Gasteiger partial charge in [0.15, 0.2) is 0 Å². The first-order valence-electron chi connectivity index (χ1n) is 5.92. The number of carboxylic acid groups (broad SMARTS) is 1. The highest BCUT2D eigenvalue weighted by atomic mass is 16.5. The number of ether oxygens (including phenoxy) is 1. The van der Waals surface area contributed by atoms with Gasteiger partial charge in [-0.1, -0.05) is 0 Å². The highest BCUT2D eigenvalue weighted by Crippen LogP contribution is 2.34. The molecule has 3 rings (SSSR count). The fraction of sp³-hybridized carbons (Fsp3) is 0.583. The van der Waals surface area contributed by atoms with Crippen LogP contribution in [-0.2, 0) is 11.3 Å². The van der Waals surface area contributed by atoms with Crippen LogP contribution in [0.15, 0.2) is 16.7 Å². The molecule has 0 amide bonds. The monoisotopic (exact) mass is 237 g/mol. The van der Waals surface area contributed by atoms with E-state index < -0.39 is 5.97 Å². The van der Waals surface area contributed by atoms with E-state index in [0.717, 1.165) is 19.3 Å². The zero-order valence-electron chi connectivity index (χ0n) is 9.39. The summed E-state index contributed by atoms with van der Waals surface area (Å²) in [5.41, 5.74) is 0.695. The first-order valence-corrected chi connectivity index (χ1v) is 5.92. The molecule has 2 N–H and O–H groups in total. The maximum absolute atomic E-state index is 10.9. The lowest BCUT2D eigenvalue weighted by Gasteiger charge is -2.19. The quantitative estimate of drug-likeness (QED) is 0.828. The van der Waals surface area contributed by atoms with Crippen molar-refractivity contribution in [3.63, 3.8) is 0 Å². The van der Waals surface area contributed by atoms with Gasteiger partial charge in [-0.25, -0.2) is 4.79 Å². The summed E-state index contributed by atoms with van der Waals surface area (Å²) in [6.07, 6.45) is 5.43. The zero-order valence-corrected chi connectivity index (χ0v) is 9.39. The third-order valence-corrected chi connectivity index (χ3v) is 3.60. The Kier molecular flexibility index (Phi) is 2.64. The van der Waals surface area contributed by atoms with E-state index in [9.17, 15) is 4.79 Å². The molecule has 3 unspecified atom stereocenters. The van der Waals surface area contributed by atoms with Crippen molar-refractivity contribution in [1.82, 2.24) is 5.32 Å². The number of hydrogen-bond acceptors (Lipinski definition) is 4. The maximum Gasteiger partial charge on any atom is 0.372 e. The van der Waals surface area contributed by atoms with Crippen LogP contribution in [0, 0.1) is 0 Å². The molecule has 5 heteroatoms. The second-order valence-electron chi connectivity index (χ2n) is 4.68. The van der Waals surface area contributed by atoms with Crippen LogP contribution in [0.25, 0.3) is 0 Å². The SMILES string of the molecule is O=C(O)c1occc1CNC1CC2CCC1O2. The lowest BCUT2D eigenvalue weighted by Crippen LogP contribution is -2.37. The van der Waals surface area contributed by atoms with Crippen LogP contribution in [0.5, 0.6) is 0 Å². The molecule has 2 aliphatic rings. The van der Waals surface area contributed by atoms with Gasteiger partial charge in [0.25, 0.3) is 0 Å². The average Bonchev–Trinajstić information content (AvgIpc) is 3.01. The molecule has 0 aromatic carbocycles. The van der Waals surface area contributed by atoms with Crippen LogP contribution in [0.3, 0.4) is 0 Å². The molecule has 92 valence electrons. The highest BCUT2D eigenvalue weighted by Gasteiger charge is 2.40. The number of fused-ring (bicyclic) bond motifs is 2. The molecular weight excluding hydrogens is 222 g/mol. The molecule has 1 aromatic heterocycles. The number of furan rings is 1. The summed E-state index contributed by atoms with van der Waals surface area (Å²) in [7, 11) is 0. The Morgan fingerprint density at radius 2 is 2.41 bits per heavy atom. The molecule has 17 heavy (non-hydrogen) atoms. The van der Waals surface area contributed by atoms with Gasteiger partial charge in [-0.3, -0.25) is 0 Å². The van der Waals surface area contributed by atoms with Crippen LogP contribution in [0.1, 0.15) is 35.4 Å². The van der Waals surface area contributed by atoms with Gasteiger partial charge in [-0.2, -0.15) is 0 Å². The number of nitrogens with one attached hydrogen (secondary N) is 1. The summed E-state index contributed by atoms with van der Waals surface area (Å²) >= 11 is 0. The Balaban J connectivity index is 1.60. The summed E-state index contributed by atoms with van der Waals surface area (Å²) in [5.74, 6) is -0.988. The Bertz CT molecular complexity index is 428. The minimum Gasteiger partial charge on any atom is -0.475 e. The molecule has 0 aliphatic carbocycles. The molecule has 2 bridgehead atoms. The van der Waals surface area contributed by atoms with Crippen LogP contribution in [-0.4, -0.2) is 29.3 Å². The second-order valence-corrected chi connectivity index (χ2v) is 4.68. The van der Waals surface area contributed by atoms with Crippen molar-refractivity contribution in [3.8, 4) is 0 Å². The molecule has 2 saturated heterocycles. The lowest BCUT2D eigenvalue weighted by molar-refractivity contribution is 0.0660. The Hall–Kier alpha value is -1.33. The summed E-state index contributed by atoms with van der Waals surface area (Å²) < 4.78 is 10.7. The van der Waals surface area contributed by atoms with E-state index in [1.807, 2.05) is 0 Å². The topological polar surface area (TPSA) is 71.7 Å². The molecule has 1 aromatic rings. The molecule has 3 atom stereocenters. The van der Waals surface area contributed by atoms with Crippen LogP contribution in [0.2, 0.25) is 0 Å². The van der Waals surface area contributed by atoms with Crippen molar-refractivity contribution < 1.29 is 19.1 Å². The molecule has 3 heterocycles. The molecule has 0 radical (unpaired) electrons. The number of carbonyl (C=O) groups is 1. The molecule has 2 aliphatic heterocycles. The fourth-order valence-electron chi connectivity index (χ4n) is 2.76. The first-order chi connectivity index (χ1) is 8.24. The second kappa shape index (κ2) is 4.16. The van der Waals surface area contributed by atoms with Crippen molar-refractivity contribution in [2.24, 2.45) is 0 Å². The third-order valence-electron chi connectivity index (χ3n) is 3.60. The van der Waals surface area contributed by atoms with Gasteiger partial charge in [-0.15, -0.1) is 0 Å². The normalized spacial score (nSPS) is 30.9. The van der Waals surface area contributed by atoms with Gasteiger partial charge in [0.2, 0.25) is 5.76 Å². The van der Waals surface area contributed by atoms with Crippen LogP contribution in [0.4, 0.5) is 0 Å². The van der Waals surface area contributed by atoms with Crippen molar-refractivity contribution >= 4 is 5.97 Å². The van der Waals surface area contributed by atoms with Crippen LogP contribution >= 0.6 is 0 Å². The molecular formula is C12H15NO4. The lowest BCUT2D eigenvalue weighted by atomic mass is 9.95. The third kappa shape index (κ3) is 1.96. The summed E-state index contributed by atoms with van der Waals surface area (Å²) in [6, 6.07) is 2.05. The van der Waals surface area contributed by atoms with Gasteiger partial charge in [-0.05, 0) is 25.3 Å². The standard InChI is InChI=1S/C12H15NO4/c14-12(15)11-7(3-4-16-11)6-13-9-5-8-1-2-10(9)17-8/h3-4,8-10,13H,1-2,5-6H2,(H,14,15). The maximum atomic E-state index is 10.9. The van der Waals surface area contributed by atoms with Gasteiger partial charge in [0.05, 0.1) is 18.5 Å². The van der Waals surface area contributed by atoms with E-state index in [1.165, 1.54) is 6.26 Å². The van der Waals surface area contributed by atoms with Crippen molar-refractivity contribution in [1.29, 1.82) is 0 Å². The van der Waals surface area contributed by atoms with Gasteiger partial charge >= 0.3 is 5.97 Å². The van der Waals surface area contributed by atoms with E-state index >= 15 is 0 Å². The molecule has 0 saturated carbocycles. The molecule has 5 nitrogen and oxygen atoms in total. The van der Waals surface area contributed by atoms with Crippen LogP contribution < -0.4 is 5.32 Å². The van der Waals surface area contributed by atoms with Gasteiger partial charge in [0, 0.05) is 18.2 Å². The van der Waals surface area contributed by atoms with Crippen molar-refractivity contribution in [2.75, 3.05) is 0 Å². The number of carboxylic acids is 1. The van der Waals surface area contributed by atoms with Gasteiger partial charge in [0.1, 0.15) is 0 Å². The predicted molar refractivity (Wildman–Crippen MR) is 58.8 cm³/mol. The number of aromatic carboxylic acids is 1. The van der Waals surface area contributed by atoms with Crippen molar-refractivity contribution in [3.05, 3.63) is 23.7 Å².